The van der Waals surface area contributed by atoms with Crippen molar-refractivity contribution >= 4 is 23.0 Å². The van der Waals surface area contributed by atoms with E-state index in [0.717, 1.165) is 12.1 Å². The molecule has 2 rings (SSSR count). The summed E-state index contributed by atoms with van der Waals surface area (Å²) in [5, 5.41) is 3.81. The van der Waals surface area contributed by atoms with Crippen LogP contribution >= 0.6 is 12.2 Å². The van der Waals surface area contributed by atoms with E-state index in [4.69, 9.17) is 12.2 Å². The summed E-state index contributed by atoms with van der Waals surface area (Å²) in [7, 11) is 0. The van der Waals surface area contributed by atoms with Crippen LogP contribution in [0.5, 0.6) is 0 Å². The average molecular weight is 204 g/mol. The molecule has 1 N–H and O–H groups in total. The molecule has 1 aromatic rings. The van der Waals surface area contributed by atoms with Gasteiger partial charge in [0.15, 0.2) is 5.11 Å². The van der Waals surface area contributed by atoms with Crippen LogP contribution < -0.4 is 5.32 Å². The van der Waals surface area contributed by atoms with Crippen molar-refractivity contribution in [2.45, 2.75) is 19.4 Å². The molecule has 1 aliphatic heterocycles. The Morgan fingerprint density at radius 2 is 2.07 bits per heavy atom. The predicted molar refractivity (Wildman–Crippen MR) is 62.6 cm³/mol. The van der Waals surface area contributed by atoms with Gasteiger partial charge in [0.05, 0.1) is 6.04 Å². The third-order valence-corrected chi connectivity index (χ3v) is 2.50. The zero-order chi connectivity index (χ0) is 9.97. The SMILES string of the molecule is CC1=NC(=S)NC(c2ccccc2)C1. The first kappa shape index (κ1) is 9.34. The maximum atomic E-state index is 5.06. The maximum absolute atomic E-state index is 5.06. The Balaban J connectivity index is 2.22. The second-order valence-electron chi connectivity index (χ2n) is 3.46. The third-order valence-electron chi connectivity index (χ3n) is 2.29. The molecule has 0 fully saturated rings. The Bertz CT molecular complexity index is 370. The first-order chi connectivity index (χ1) is 6.75. The van der Waals surface area contributed by atoms with E-state index in [9.17, 15) is 0 Å². The highest BCUT2D eigenvalue weighted by atomic mass is 32.1. The first-order valence-corrected chi connectivity index (χ1v) is 5.06. The van der Waals surface area contributed by atoms with E-state index < -0.39 is 0 Å². The van der Waals surface area contributed by atoms with Crippen molar-refractivity contribution in [1.29, 1.82) is 0 Å². The van der Waals surface area contributed by atoms with Crippen LogP contribution in [-0.4, -0.2) is 10.8 Å². The molecule has 2 nitrogen and oxygen atoms in total. The lowest BCUT2D eigenvalue weighted by molar-refractivity contribution is 0.662. The number of benzene rings is 1. The number of hydrogen-bond donors (Lipinski definition) is 1. The number of nitrogens with zero attached hydrogens (tertiary/aromatic N) is 1. The Morgan fingerprint density at radius 3 is 2.71 bits per heavy atom. The molecule has 0 saturated heterocycles. The molecule has 0 saturated carbocycles. The fourth-order valence-electron chi connectivity index (χ4n) is 1.63. The van der Waals surface area contributed by atoms with Gasteiger partial charge in [-0.15, -0.1) is 0 Å². The topological polar surface area (TPSA) is 24.4 Å². The minimum Gasteiger partial charge on any atom is -0.354 e. The number of nitrogens with one attached hydrogen (secondary N) is 1. The highest BCUT2D eigenvalue weighted by Gasteiger charge is 2.17. The largest absolute Gasteiger partial charge is 0.354 e. The molecule has 1 aliphatic rings. The van der Waals surface area contributed by atoms with Crippen molar-refractivity contribution in [3.8, 4) is 0 Å². The number of thiocarbonyl (C=S) groups is 1. The second-order valence-corrected chi connectivity index (χ2v) is 3.85. The molecule has 3 heteroatoms. The minimum absolute atomic E-state index is 0.293. The van der Waals surface area contributed by atoms with E-state index in [1.54, 1.807) is 0 Å². The number of aliphatic imine (C=N–C) groups is 1. The Morgan fingerprint density at radius 1 is 1.36 bits per heavy atom. The second kappa shape index (κ2) is 3.88. The van der Waals surface area contributed by atoms with Crippen LogP contribution in [0.25, 0.3) is 0 Å². The van der Waals surface area contributed by atoms with E-state index in [1.165, 1.54) is 5.56 Å². The molecule has 1 aromatic carbocycles. The summed E-state index contributed by atoms with van der Waals surface area (Å²) in [4.78, 5) is 4.20. The quantitative estimate of drug-likeness (QED) is 0.711. The summed E-state index contributed by atoms with van der Waals surface area (Å²) >= 11 is 5.06. The molecule has 0 bridgehead atoms. The van der Waals surface area contributed by atoms with Crippen molar-refractivity contribution < 1.29 is 0 Å². The van der Waals surface area contributed by atoms with Gasteiger partial charge < -0.3 is 5.32 Å². The van der Waals surface area contributed by atoms with Crippen molar-refractivity contribution in [2.75, 3.05) is 0 Å². The lowest BCUT2D eigenvalue weighted by atomic mass is 10.0. The van der Waals surface area contributed by atoms with Gasteiger partial charge in [-0.05, 0) is 24.7 Å². The Kier molecular flexibility index (Phi) is 2.59. The van der Waals surface area contributed by atoms with E-state index in [1.807, 2.05) is 25.1 Å². The molecule has 1 atom stereocenters. The monoisotopic (exact) mass is 204 g/mol. The normalized spacial score (nSPS) is 21.4. The summed E-state index contributed by atoms with van der Waals surface area (Å²) in [5.41, 5.74) is 2.37. The molecule has 0 radical (unpaired) electrons. The number of rotatable bonds is 1. The van der Waals surface area contributed by atoms with Crippen LogP contribution in [0.1, 0.15) is 24.9 Å². The standard InChI is InChI=1S/C11H12N2S/c1-8-7-10(13-11(14)12-8)9-5-3-2-4-6-9/h2-6,10H,7H2,1H3,(H,13,14). The summed E-state index contributed by atoms with van der Waals surface area (Å²) < 4.78 is 0. The maximum Gasteiger partial charge on any atom is 0.193 e. The molecule has 0 aromatic heterocycles. The summed E-state index contributed by atoms with van der Waals surface area (Å²) in [6.07, 6.45) is 0.935. The van der Waals surface area contributed by atoms with Crippen LogP contribution in [0.3, 0.4) is 0 Å². The Hall–Kier alpha value is -1.22. The first-order valence-electron chi connectivity index (χ1n) is 4.65. The lowest BCUT2D eigenvalue weighted by Gasteiger charge is -2.23. The highest BCUT2D eigenvalue weighted by molar-refractivity contribution is 7.80. The molecule has 14 heavy (non-hydrogen) atoms. The van der Waals surface area contributed by atoms with Crippen molar-refractivity contribution in [3.63, 3.8) is 0 Å². The van der Waals surface area contributed by atoms with Crippen LogP contribution in [0, 0.1) is 0 Å². The van der Waals surface area contributed by atoms with Gasteiger partial charge in [0.25, 0.3) is 0 Å². The van der Waals surface area contributed by atoms with Crippen LogP contribution in [0.2, 0.25) is 0 Å². The van der Waals surface area contributed by atoms with Gasteiger partial charge in [0, 0.05) is 12.1 Å². The molecule has 72 valence electrons. The molecular formula is C11H12N2S. The molecule has 0 spiro atoms. The lowest BCUT2D eigenvalue weighted by Crippen LogP contribution is -2.32. The molecular weight excluding hydrogens is 192 g/mol. The van der Waals surface area contributed by atoms with E-state index in [2.05, 4.69) is 22.4 Å². The minimum atomic E-state index is 0.293. The van der Waals surface area contributed by atoms with Gasteiger partial charge in [0.2, 0.25) is 0 Å². The molecule has 1 heterocycles. The van der Waals surface area contributed by atoms with Crippen LogP contribution in [0.4, 0.5) is 0 Å². The zero-order valence-electron chi connectivity index (χ0n) is 8.03. The van der Waals surface area contributed by atoms with Crippen LogP contribution in [-0.2, 0) is 0 Å². The van der Waals surface area contributed by atoms with E-state index in [0.29, 0.717) is 11.2 Å². The van der Waals surface area contributed by atoms with Gasteiger partial charge in [0.1, 0.15) is 0 Å². The van der Waals surface area contributed by atoms with Crippen molar-refractivity contribution in [1.82, 2.24) is 5.32 Å². The van der Waals surface area contributed by atoms with Gasteiger partial charge in [-0.3, -0.25) is 0 Å². The van der Waals surface area contributed by atoms with E-state index >= 15 is 0 Å². The molecule has 1 unspecified atom stereocenters. The van der Waals surface area contributed by atoms with Crippen LogP contribution in [0.15, 0.2) is 35.3 Å². The zero-order valence-corrected chi connectivity index (χ0v) is 8.84. The molecule has 0 aliphatic carbocycles. The molecule has 0 amide bonds. The van der Waals surface area contributed by atoms with Gasteiger partial charge in [-0.1, -0.05) is 30.3 Å². The van der Waals surface area contributed by atoms with Crippen molar-refractivity contribution in [2.24, 2.45) is 4.99 Å². The van der Waals surface area contributed by atoms with E-state index in [-0.39, 0.29) is 0 Å². The predicted octanol–water partition coefficient (Wildman–Crippen LogP) is 2.47. The average Bonchev–Trinajstić information content (AvgIpc) is 2.18. The third kappa shape index (κ3) is 1.99. The van der Waals surface area contributed by atoms with Gasteiger partial charge in [-0.2, -0.15) is 0 Å². The van der Waals surface area contributed by atoms with Gasteiger partial charge >= 0.3 is 0 Å². The summed E-state index contributed by atoms with van der Waals surface area (Å²) in [6.45, 7) is 2.02. The van der Waals surface area contributed by atoms with Crippen molar-refractivity contribution in [3.05, 3.63) is 35.9 Å². The fourth-order valence-corrected chi connectivity index (χ4v) is 1.93. The Labute approximate surface area is 89.1 Å². The number of hydrogen-bond acceptors (Lipinski definition) is 1. The highest BCUT2D eigenvalue weighted by Crippen LogP contribution is 2.19. The smallest absolute Gasteiger partial charge is 0.193 e. The summed E-state index contributed by atoms with van der Waals surface area (Å²) in [6, 6.07) is 10.6. The van der Waals surface area contributed by atoms with Gasteiger partial charge in [-0.25, -0.2) is 4.99 Å². The summed E-state index contributed by atoms with van der Waals surface area (Å²) in [5.74, 6) is 0. The fraction of sp³-hybridized carbons (Fsp3) is 0.273.